The Morgan fingerprint density at radius 2 is 1.72 bits per heavy atom. The number of carbonyl (C=O) groups excluding carboxylic acids is 1. The highest BCUT2D eigenvalue weighted by Crippen LogP contribution is 2.18. The molecule has 0 atom stereocenters. The lowest BCUT2D eigenvalue weighted by Gasteiger charge is -2.09. The van der Waals surface area contributed by atoms with Crippen LogP contribution in [0.5, 0.6) is 5.75 Å². The molecule has 0 spiro atoms. The van der Waals surface area contributed by atoms with Gasteiger partial charge in [0.05, 0.1) is 0 Å². The smallest absolute Gasteiger partial charge is 0.255 e. The number of para-hydroxylation sites is 1. The lowest BCUT2D eigenvalue weighted by Crippen LogP contribution is -2.13. The van der Waals surface area contributed by atoms with Crippen LogP contribution in [0.3, 0.4) is 0 Å². The van der Waals surface area contributed by atoms with E-state index < -0.39 is 0 Å². The molecule has 3 aromatic carbocycles. The molecule has 0 unspecified atom stereocenters. The maximum absolute atomic E-state index is 13.3. The van der Waals surface area contributed by atoms with Crippen molar-refractivity contribution >= 4 is 11.6 Å². The van der Waals surface area contributed by atoms with Gasteiger partial charge < -0.3 is 10.1 Å². The van der Waals surface area contributed by atoms with Crippen LogP contribution in [0.2, 0.25) is 0 Å². The van der Waals surface area contributed by atoms with Crippen molar-refractivity contribution < 1.29 is 13.9 Å². The summed E-state index contributed by atoms with van der Waals surface area (Å²) in [5.41, 5.74) is 2.75. The van der Waals surface area contributed by atoms with Crippen LogP contribution in [0.15, 0.2) is 72.8 Å². The van der Waals surface area contributed by atoms with Gasteiger partial charge in [0, 0.05) is 11.3 Å². The Morgan fingerprint density at radius 3 is 2.44 bits per heavy atom. The van der Waals surface area contributed by atoms with Gasteiger partial charge in [-0.15, -0.1) is 0 Å². The molecular weight excluding hydrogens is 317 g/mol. The second-order valence-corrected chi connectivity index (χ2v) is 5.71. The molecule has 0 heterocycles. The first-order valence-corrected chi connectivity index (χ1v) is 7.96. The number of amides is 1. The van der Waals surface area contributed by atoms with Gasteiger partial charge in [0.2, 0.25) is 0 Å². The van der Waals surface area contributed by atoms with Crippen LogP contribution in [-0.4, -0.2) is 5.91 Å². The van der Waals surface area contributed by atoms with Crippen LogP contribution >= 0.6 is 0 Å². The largest absolute Gasteiger partial charge is 0.489 e. The molecule has 4 heteroatoms. The quantitative estimate of drug-likeness (QED) is 0.715. The summed E-state index contributed by atoms with van der Waals surface area (Å²) >= 11 is 0. The summed E-state index contributed by atoms with van der Waals surface area (Å²) in [5, 5.41) is 2.73. The molecule has 0 bridgehead atoms. The second-order valence-electron chi connectivity index (χ2n) is 5.71. The van der Waals surface area contributed by atoms with Gasteiger partial charge in [0.15, 0.2) is 0 Å². The van der Waals surface area contributed by atoms with Crippen LogP contribution in [-0.2, 0) is 6.61 Å². The molecule has 126 valence electrons. The minimum Gasteiger partial charge on any atom is -0.489 e. The molecule has 3 rings (SSSR count). The molecule has 0 saturated carbocycles. The SMILES string of the molecule is Cc1ccc(F)cc1NC(=O)c1ccc(COc2ccccc2)cc1. The molecule has 3 nitrogen and oxygen atoms in total. The zero-order chi connectivity index (χ0) is 17.6. The van der Waals surface area contributed by atoms with Crippen molar-refractivity contribution in [1.29, 1.82) is 0 Å². The number of rotatable bonds is 5. The predicted molar refractivity (Wildman–Crippen MR) is 96.3 cm³/mol. The molecule has 25 heavy (non-hydrogen) atoms. The summed E-state index contributed by atoms with van der Waals surface area (Å²) in [6.07, 6.45) is 0. The predicted octanol–water partition coefficient (Wildman–Crippen LogP) is 4.97. The van der Waals surface area contributed by atoms with E-state index in [2.05, 4.69) is 5.32 Å². The molecule has 0 aliphatic heterocycles. The highest BCUT2D eigenvalue weighted by molar-refractivity contribution is 6.04. The second kappa shape index (κ2) is 7.62. The third kappa shape index (κ3) is 4.44. The number of nitrogens with one attached hydrogen (secondary N) is 1. The maximum Gasteiger partial charge on any atom is 0.255 e. The summed E-state index contributed by atoms with van der Waals surface area (Å²) in [7, 11) is 0. The van der Waals surface area contributed by atoms with E-state index in [1.807, 2.05) is 49.4 Å². The van der Waals surface area contributed by atoms with Crippen LogP contribution in [0.1, 0.15) is 21.5 Å². The molecule has 3 aromatic rings. The molecule has 0 aliphatic rings. The summed E-state index contributed by atoms with van der Waals surface area (Å²) in [5.74, 6) is 0.143. The third-order valence-electron chi connectivity index (χ3n) is 3.81. The first-order valence-electron chi connectivity index (χ1n) is 7.96. The van der Waals surface area contributed by atoms with E-state index in [9.17, 15) is 9.18 Å². The standard InChI is InChI=1S/C21H18FNO2/c1-15-7-12-18(22)13-20(15)23-21(24)17-10-8-16(9-11-17)14-25-19-5-3-2-4-6-19/h2-13H,14H2,1H3,(H,23,24). The molecule has 0 radical (unpaired) electrons. The van der Waals surface area contributed by atoms with Gasteiger partial charge in [-0.2, -0.15) is 0 Å². The average Bonchev–Trinajstić information content (AvgIpc) is 2.64. The third-order valence-corrected chi connectivity index (χ3v) is 3.81. The topological polar surface area (TPSA) is 38.3 Å². The zero-order valence-corrected chi connectivity index (χ0v) is 13.8. The Kier molecular flexibility index (Phi) is 5.09. The average molecular weight is 335 g/mol. The van der Waals surface area contributed by atoms with Crippen LogP contribution in [0, 0.1) is 12.7 Å². The van der Waals surface area contributed by atoms with Gasteiger partial charge in [-0.1, -0.05) is 36.4 Å². The fraction of sp³-hybridized carbons (Fsp3) is 0.0952. The molecule has 0 saturated heterocycles. The lowest BCUT2D eigenvalue weighted by molar-refractivity contribution is 0.102. The minimum atomic E-state index is -0.380. The Hall–Kier alpha value is -3.14. The maximum atomic E-state index is 13.3. The van der Waals surface area contributed by atoms with Crippen molar-refractivity contribution in [3.63, 3.8) is 0 Å². The number of hydrogen-bond donors (Lipinski definition) is 1. The van der Waals surface area contributed by atoms with Gasteiger partial charge >= 0.3 is 0 Å². The fourth-order valence-corrected chi connectivity index (χ4v) is 2.36. The number of carbonyl (C=O) groups is 1. The molecule has 0 aliphatic carbocycles. The van der Waals surface area contributed by atoms with E-state index >= 15 is 0 Å². The number of ether oxygens (including phenoxy) is 1. The van der Waals surface area contributed by atoms with E-state index in [1.165, 1.54) is 12.1 Å². The van der Waals surface area contributed by atoms with E-state index in [1.54, 1.807) is 18.2 Å². The first-order chi connectivity index (χ1) is 12.1. The molecule has 1 amide bonds. The van der Waals surface area contributed by atoms with Gasteiger partial charge in [0.25, 0.3) is 5.91 Å². The molecule has 0 fully saturated rings. The summed E-state index contributed by atoms with van der Waals surface area (Å²) < 4.78 is 19.0. The Bertz CT molecular complexity index is 861. The Morgan fingerprint density at radius 1 is 1.00 bits per heavy atom. The number of halogens is 1. The number of benzene rings is 3. The highest BCUT2D eigenvalue weighted by Gasteiger charge is 2.08. The zero-order valence-electron chi connectivity index (χ0n) is 13.8. The Balaban J connectivity index is 1.63. The van der Waals surface area contributed by atoms with Gasteiger partial charge in [-0.3, -0.25) is 4.79 Å². The van der Waals surface area contributed by atoms with Gasteiger partial charge in [-0.05, 0) is 54.4 Å². The normalized spacial score (nSPS) is 10.3. The molecule has 0 aromatic heterocycles. The van der Waals surface area contributed by atoms with Crippen LogP contribution in [0.25, 0.3) is 0 Å². The van der Waals surface area contributed by atoms with Crippen LogP contribution < -0.4 is 10.1 Å². The van der Waals surface area contributed by atoms with E-state index in [0.29, 0.717) is 17.9 Å². The monoisotopic (exact) mass is 335 g/mol. The summed E-state index contributed by atoms with van der Waals surface area (Å²) in [6, 6.07) is 21.0. The van der Waals surface area contributed by atoms with E-state index in [-0.39, 0.29) is 11.7 Å². The number of anilines is 1. The van der Waals surface area contributed by atoms with Gasteiger partial charge in [0.1, 0.15) is 18.2 Å². The minimum absolute atomic E-state index is 0.274. The van der Waals surface area contributed by atoms with Crippen molar-refractivity contribution in [1.82, 2.24) is 0 Å². The summed E-state index contributed by atoms with van der Waals surface area (Å²) in [4.78, 5) is 12.3. The molecule has 1 N–H and O–H groups in total. The van der Waals surface area contributed by atoms with E-state index in [0.717, 1.165) is 16.9 Å². The fourth-order valence-electron chi connectivity index (χ4n) is 2.36. The lowest BCUT2D eigenvalue weighted by atomic mass is 10.1. The van der Waals surface area contributed by atoms with Crippen molar-refractivity contribution in [3.05, 3.63) is 95.3 Å². The number of aryl methyl sites for hydroxylation is 1. The van der Waals surface area contributed by atoms with Crippen molar-refractivity contribution in [2.24, 2.45) is 0 Å². The van der Waals surface area contributed by atoms with Crippen LogP contribution in [0.4, 0.5) is 10.1 Å². The van der Waals surface area contributed by atoms with E-state index in [4.69, 9.17) is 4.74 Å². The Labute approximate surface area is 146 Å². The van der Waals surface area contributed by atoms with Crippen molar-refractivity contribution in [2.45, 2.75) is 13.5 Å². The summed E-state index contributed by atoms with van der Waals surface area (Å²) in [6.45, 7) is 2.24. The van der Waals surface area contributed by atoms with Crippen molar-refractivity contribution in [3.8, 4) is 5.75 Å². The molecular formula is C21H18FNO2. The number of hydrogen-bond acceptors (Lipinski definition) is 2. The van der Waals surface area contributed by atoms with Gasteiger partial charge in [-0.25, -0.2) is 4.39 Å². The first kappa shape index (κ1) is 16.7. The van der Waals surface area contributed by atoms with Crippen molar-refractivity contribution in [2.75, 3.05) is 5.32 Å². The highest BCUT2D eigenvalue weighted by atomic mass is 19.1.